The van der Waals surface area contributed by atoms with Crippen molar-refractivity contribution in [3.63, 3.8) is 0 Å². The van der Waals surface area contributed by atoms with Gasteiger partial charge in [0.1, 0.15) is 5.82 Å². The monoisotopic (exact) mass is 353 g/mol. The van der Waals surface area contributed by atoms with Crippen LogP contribution in [0.4, 0.5) is 9.18 Å². The summed E-state index contributed by atoms with van der Waals surface area (Å²) in [4.78, 5) is 14.2. The number of carbonyl (C=O) groups excluding carboxylic acids is 1. The van der Waals surface area contributed by atoms with Crippen LogP contribution in [0.5, 0.6) is 0 Å². The van der Waals surface area contributed by atoms with Gasteiger partial charge in [0.05, 0.1) is 19.3 Å². The summed E-state index contributed by atoms with van der Waals surface area (Å²) < 4.78 is 24.2. The fourth-order valence-corrected chi connectivity index (χ4v) is 2.83. The standard InChI is InChI=1S/C18H28FN3O3/c1-2-24-10-4-7-20-18(23)21-14-17(22-8-11-25-12-9-22)15-5-3-6-16(19)13-15/h3,5-6,13,17H,2,4,7-12,14H2,1H3,(H2,20,21,23). The Balaban J connectivity index is 1.86. The molecule has 2 N–H and O–H groups in total. The van der Waals surface area contributed by atoms with Gasteiger partial charge in [-0.15, -0.1) is 0 Å². The molecule has 2 rings (SSSR count). The predicted octanol–water partition coefficient (Wildman–Crippen LogP) is 1.92. The average molecular weight is 353 g/mol. The second-order valence-electron chi connectivity index (χ2n) is 5.91. The van der Waals surface area contributed by atoms with E-state index in [1.165, 1.54) is 12.1 Å². The highest BCUT2D eigenvalue weighted by molar-refractivity contribution is 5.73. The molecule has 1 aliphatic heterocycles. The van der Waals surface area contributed by atoms with E-state index in [1.807, 2.05) is 13.0 Å². The Labute approximate surface area is 148 Å². The highest BCUT2D eigenvalue weighted by Crippen LogP contribution is 2.22. The Hall–Kier alpha value is -1.70. The first-order valence-corrected chi connectivity index (χ1v) is 8.87. The van der Waals surface area contributed by atoms with Gasteiger partial charge in [-0.05, 0) is 31.0 Å². The summed E-state index contributed by atoms with van der Waals surface area (Å²) in [6.45, 7) is 7.06. The quantitative estimate of drug-likeness (QED) is 0.666. The van der Waals surface area contributed by atoms with Crippen molar-refractivity contribution < 1.29 is 18.7 Å². The van der Waals surface area contributed by atoms with Gasteiger partial charge in [0.15, 0.2) is 0 Å². The van der Waals surface area contributed by atoms with Crippen molar-refractivity contribution in [2.24, 2.45) is 0 Å². The molecule has 7 heteroatoms. The van der Waals surface area contributed by atoms with Gasteiger partial charge in [-0.1, -0.05) is 12.1 Å². The Morgan fingerprint density at radius 2 is 2.16 bits per heavy atom. The van der Waals surface area contributed by atoms with E-state index in [9.17, 15) is 9.18 Å². The molecule has 0 radical (unpaired) electrons. The molecule has 2 amide bonds. The fourth-order valence-electron chi connectivity index (χ4n) is 2.83. The molecule has 1 aromatic carbocycles. The average Bonchev–Trinajstić information content (AvgIpc) is 2.63. The van der Waals surface area contributed by atoms with Crippen LogP contribution in [-0.2, 0) is 9.47 Å². The number of morpholine rings is 1. The second kappa shape index (κ2) is 11.0. The molecule has 0 aliphatic carbocycles. The van der Waals surface area contributed by atoms with E-state index in [2.05, 4.69) is 15.5 Å². The van der Waals surface area contributed by atoms with E-state index in [4.69, 9.17) is 9.47 Å². The van der Waals surface area contributed by atoms with Gasteiger partial charge in [-0.25, -0.2) is 9.18 Å². The molecule has 1 heterocycles. The van der Waals surface area contributed by atoms with Gasteiger partial charge >= 0.3 is 6.03 Å². The molecular weight excluding hydrogens is 325 g/mol. The third kappa shape index (κ3) is 6.97. The maximum atomic E-state index is 13.6. The van der Waals surface area contributed by atoms with Crippen LogP contribution in [0.2, 0.25) is 0 Å². The van der Waals surface area contributed by atoms with Crippen LogP contribution in [0.25, 0.3) is 0 Å². The number of urea groups is 1. The minimum absolute atomic E-state index is 0.0752. The third-order valence-electron chi connectivity index (χ3n) is 4.13. The minimum atomic E-state index is -0.267. The molecule has 1 aliphatic rings. The number of benzene rings is 1. The highest BCUT2D eigenvalue weighted by atomic mass is 19.1. The summed E-state index contributed by atoms with van der Waals surface area (Å²) in [7, 11) is 0. The van der Waals surface area contributed by atoms with Crippen LogP contribution in [0.1, 0.15) is 24.9 Å². The number of ether oxygens (including phenoxy) is 2. The zero-order valence-corrected chi connectivity index (χ0v) is 14.8. The zero-order valence-electron chi connectivity index (χ0n) is 14.8. The number of amides is 2. The van der Waals surface area contributed by atoms with E-state index in [0.717, 1.165) is 25.1 Å². The molecule has 1 atom stereocenters. The molecule has 1 unspecified atom stereocenters. The van der Waals surface area contributed by atoms with E-state index in [1.54, 1.807) is 6.07 Å². The largest absolute Gasteiger partial charge is 0.382 e. The van der Waals surface area contributed by atoms with E-state index < -0.39 is 0 Å². The number of carbonyl (C=O) groups is 1. The van der Waals surface area contributed by atoms with Crippen LogP contribution in [0.3, 0.4) is 0 Å². The summed E-state index contributed by atoms with van der Waals surface area (Å²) in [6, 6.07) is 6.26. The number of nitrogens with one attached hydrogen (secondary N) is 2. The highest BCUT2D eigenvalue weighted by Gasteiger charge is 2.23. The maximum Gasteiger partial charge on any atom is 0.314 e. The van der Waals surface area contributed by atoms with Crippen LogP contribution in [0.15, 0.2) is 24.3 Å². The number of hydrogen-bond donors (Lipinski definition) is 2. The van der Waals surface area contributed by atoms with Crippen molar-refractivity contribution in [1.82, 2.24) is 15.5 Å². The Morgan fingerprint density at radius 3 is 2.88 bits per heavy atom. The number of nitrogens with zero attached hydrogens (tertiary/aromatic N) is 1. The van der Waals surface area contributed by atoms with Crippen molar-refractivity contribution in [1.29, 1.82) is 0 Å². The first-order chi connectivity index (χ1) is 12.2. The molecule has 1 aromatic rings. The molecule has 1 fully saturated rings. The zero-order chi connectivity index (χ0) is 17.9. The number of hydrogen-bond acceptors (Lipinski definition) is 4. The Morgan fingerprint density at radius 1 is 1.36 bits per heavy atom. The van der Waals surface area contributed by atoms with Gasteiger partial charge in [0.2, 0.25) is 0 Å². The van der Waals surface area contributed by atoms with Gasteiger partial charge in [-0.3, -0.25) is 4.90 Å². The molecule has 0 bridgehead atoms. The van der Waals surface area contributed by atoms with Gasteiger partial charge in [0.25, 0.3) is 0 Å². The lowest BCUT2D eigenvalue weighted by Crippen LogP contribution is -2.46. The first-order valence-electron chi connectivity index (χ1n) is 8.87. The van der Waals surface area contributed by atoms with Crippen molar-refractivity contribution in [2.45, 2.75) is 19.4 Å². The van der Waals surface area contributed by atoms with Gasteiger partial charge in [0, 0.05) is 39.4 Å². The topological polar surface area (TPSA) is 62.8 Å². The summed E-state index contributed by atoms with van der Waals surface area (Å²) in [5, 5.41) is 5.71. The minimum Gasteiger partial charge on any atom is -0.382 e. The number of rotatable bonds is 9. The Bertz CT molecular complexity index is 524. The van der Waals surface area contributed by atoms with Crippen molar-refractivity contribution in [3.05, 3.63) is 35.6 Å². The van der Waals surface area contributed by atoms with Crippen LogP contribution >= 0.6 is 0 Å². The van der Waals surface area contributed by atoms with Crippen LogP contribution in [0, 0.1) is 5.82 Å². The molecule has 0 aromatic heterocycles. The molecule has 25 heavy (non-hydrogen) atoms. The molecular formula is C18H28FN3O3. The van der Waals surface area contributed by atoms with Crippen LogP contribution < -0.4 is 10.6 Å². The van der Waals surface area contributed by atoms with Crippen molar-refractivity contribution in [2.75, 3.05) is 52.6 Å². The lowest BCUT2D eigenvalue weighted by Gasteiger charge is -2.35. The maximum absolute atomic E-state index is 13.6. The molecule has 140 valence electrons. The summed E-state index contributed by atoms with van der Waals surface area (Å²) in [5.74, 6) is -0.267. The first kappa shape index (κ1) is 19.6. The SMILES string of the molecule is CCOCCCNC(=O)NCC(c1cccc(F)c1)N1CCOCC1. The number of halogens is 1. The summed E-state index contributed by atoms with van der Waals surface area (Å²) >= 11 is 0. The van der Waals surface area contributed by atoms with E-state index >= 15 is 0 Å². The molecule has 0 saturated carbocycles. The third-order valence-corrected chi connectivity index (χ3v) is 4.13. The molecule has 1 saturated heterocycles. The van der Waals surface area contributed by atoms with Crippen molar-refractivity contribution in [3.8, 4) is 0 Å². The van der Waals surface area contributed by atoms with Gasteiger partial charge in [-0.2, -0.15) is 0 Å². The lowest BCUT2D eigenvalue weighted by atomic mass is 10.0. The Kier molecular flexibility index (Phi) is 8.65. The molecule has 6 nitrogen and oxygen atoms in total. The van der Waals surface area contributed by atoms with E-state index in [-0.39, 0.29) is 17.9 Å². The van der Waals surface area contributed by atoms with Crippen molar-refractivity contribution >= 4 is 6.03 Å². The predicted molar refractivity (Wildman–Crippen MR) is 94.0 cm³/mol. The summed E-state index contributed by atoms with van der Waals surface area (Å²) in [6.07, 6.45) is 0.776. The van der Waals surface area contributed by atoms with E-state index in [0.29, 0.717) is 39.5 Å². The normalized spacial score (nSPS) is 16.4. The lowest BCUT2D eigenvalue weighted by molar-refractivity contribution is 0.0166. The summed E-state index contributed by atoms with van der Waals surface area (Å²) in [5.41, 5.74) is 0.860. The second-order valence-corrected chi connectivity index (χ2v) is 5.91. The fraction of sp³-hybridized carbons (Fsp3) is 0.611. The smallest absolute Gasteiger partial charge is 0.314 e. The molecule has 0 spiro atoms. The van der Waals surface area contributed by atoms with Gasteiger partial charge < -0.3 is 20.1 Å². The van der Waals surface area contributed by atoms with Crippen LogP contribution in [-0.4, -0.2) is 63.5 Å².